The minimum Gasteiger partial charge on any atom is -0.465 e. The van der Waals surface area contributed by atoms with Crippen molar-refractivity contribution in [2.24, 2.45) is 0 Å². The number of sulfonamides is 1. The molecule has 0 amide bonds. The van der Waals surface area contributed by atoms with E-state index >= 15 is 0 Å². The van der Waals surface area contributed by atoms with Crippen LogP contribution >= 0.6 is 0 Å². The van der Waals surface area contributed by atoms with Gasteiger partial charge in [0.2, 0.25) is 10.0 Å². The predicted octanol–water partition coefficient (Wildman–Crippen LogP) is 3.03. The summed E-state index contributed by atoms with van der Waals surface area (Å²) in [5.74, 6) is -0.947. The summed E-state index contributed by atoms with van der Waals surface area (Å²) in [5, 5.41) is 0. The van der Waals surface area contributed by atoms with Gasteiger partial charge in [0.15, 0.2) is 0 Å². The molecule has 2 aromatic rings. The number of carbonyl (C=O) groups is 2. The first kappa shape index (κ1) is 21.6. The molecule has 0 N–H and O–H groups in total. The van der Waals surface area contributed by atoms with Crippen molar-refractivity contribution in [2.75, 3.05) is 20.2 Å². The third kappa shape index (κ3) is 4.58. The van der Waals surface area contributed by atoms with Crippen LogP contribution in [0.15, 0.2) is 47.4 Å². The van der Waals surface area contributed by atoms with Crippen LogP contribution in [0, 0.1) is 6.92 Å². The van der Waals surface area contributed by atoms with Crippen molar-refractivity contribution in [3.8, 4) is 5.75 Å². The van der Waals surface area contributed by atoms with Crippen molar-refractivity contribution in [2.45, 2.75) is 25.7 Å². The van der Waals surface area contributed by atoms with Crippen LogP contribution in [0.5, 0.6) is 5.75 Å². The number of hydrogen-bond donors (Lipinski definition) is 0. The molecular weight excluding hydrogens is 382 g/mol. The zero-order chi connectivity index (χ0) is 20.9. The number of carbonyl (C=O) groups excluding carboxylic acids is 2. The van der Waals surface area contributed by atoms with Gasteiger partial charge in [-0.05, 0) is 48.9 Å². The number of esters is 2. The first-order chi connectivity index (χ1) is 13.2. The molecule has 28 heavy (non-hydrogen) atoms. The average Bonchev–Trinajstić information content (AvgIpc) is 2.68. The second-order valence-electron chi connectivity index (χ2n) is 5.97. The Morgan fingerprint density at radius 3 is 2.11 bits per heavy atom. The second kappa shape index (κ2) is 8.99. The van der Waals surface area contributed by atoms with Gasteiger partial charge >= 0.3 is 11.9 Å². The Labute approximate surface area is 164 Å². The molecule has 0 aromatic heterocycles. The Bertz CT molecular complexity index is 963. The van der Waals surface area contributed by atoms with Gasteiger partial charge in [0, 0.05) is 13.1 Å². The van der Waals surface area contributed by atoms with Crippen molar-refractivity contribution in [1.29, 1.82) is 0 Å². The number of rotatable bonds is 7. The highest BCUT2D eigenvalue weighted by atomic mass is 32.2. The van der Waals surface area contributed by atoms with Gasteiger partial charge in [-0.2, -0.15) is 4.31 Å². The van der Waals surface area contributed by atoms with Crippen molar-refractivity contribution in [1.82, 2.24) is 4.31 Å². The minimum absolute atomic E-state index is 0.0368. The SMILES string of the molecule is CCN(CC)S(=O)(=O)c1ccc(C)c(C(=O)Oc2ccc(C(=O)OC)cc2)c1. The van der Waals surface area contributed by atoms with Gasteiger partial charge in [-0.3, -0.25) is 0 Å². The van der Waals surface area contributed by atoms with E-state index in [-0.39, 0.29) is 16.2 Å². The summed E-state index contributed by atoms with van der Waals surface area (Å²) < 4.78 is 36.7. The van der Waals surface area contributed by atoms with Crippen LogP contribution in [0.3, 0.4) is 0 Å². The highest BCUT2D eigenvalue weighted by Crippen LogP contribution is 2.22. The van der Waals surface area contributed by atoms with Gasteiger partial charge in [-0.1, -0.05) is 19.9 Å². The second-order valence-corrected chi connectivity index (χ2v) is 7.91. The van der Waals surface area contributed by atoms with Crippen LogP contribution in [0.2, 0.25) is 0 Å². The predicted molar refractivity (Wildman–Crippen MR) is 104 cm³/mol. The third-order valence-electron chi connectivity index (χ3n) is 4.26. The molecule has 0 heterocycles. The van der Waals surface area contributed by atoms with Gasteiger partial charge in [0.1, 0.15) is 5.75 Å². The van der Waals surface area contributed by atoms with Gasteiger partial charge in [0.05, 0.1) is 23.1 Å². The number of ether oxygens (including phenoxy) is 2. The van der Waals surface area contributed by atoms with E-state index in [1.165, 1.54) is 47.8 Å². The Hall–Kier alpha value is -2.71. The molecule has 0 aliphatic rings. The lowest BCUT2D eigenvalue weighted by molar-refractivity contribution is 0.0600. The molecule has 0 radical (unpaired) electrons. The molecule has 0 saturated heterocycles. The van der Waals surface area contributed by atoms with E-state index in [0.29, 0.717) is 24.2 Å². The Kier molecular flexibility index (Phi) is 6.93. The molecular formula is C20H23NO6S. The highest BCUT2D eigenvalue weighted by Gasteiger charge is 2.24. The van der Waals surface area contributed by atoms with Gasteiger partial charge in [0.25, 0.3) is 0 Å². The van der Waals surface area contributed by atoms with E-state index in [1.54, 1.807) is 26.8 Å². The fraction of sp³-hybridized carbons (Fsp3) is 0.300. The number of hydrogen-bond acceptors (Lipinski definition) is 6. The van der Waals surface area contributed by atoms with Crippen LogP contribution in [0.25, 0.3) is 0 Å². The molecule has 150 valence electrons. The Balaban J connectivity index is 2.30. The molecule has 2 rings (SSSR count). The molecule has 0 spiro atoms. The maximum atomic E-state index is 12.7. The van der Waals surface area contributed by atoms with Crippen LogP contribution in [-0.4, -0.2) is 44.9 Å². The van der Waals surface area contributed by atoms with Gasteiger partial charge in [-0.15, -0.1) is 0 Å². The zero-order valence-electron chi connectivity index (χ0n) is 16.3. The number of methoxy groups -OCH3 is 1. The Morgan fingerprint density at radius 2 is 1.57 bits per heavy atom. The van der Waals surface area contributed by atoms with E-state index in [9.17, 15) is 18.0 Å². The summed E-state index contributed by atoms with van der Waals surface area (Å²) in [7, 11) is -2.41. The summed E-state index contributed by atoms with van der Waals surface area (Å²) in [6.07, 6.45) is 0. The lowest BCUT2D eigenvalue weighted by Crippen LogP contribution is -2.30. The van der Waals surface area contributed by atoms with E-state index < -0.39 is 22.0 Å². The van der Waals surface area contributed by atoms with Crippen LogP contribution in [0.4, 0.5) is 0 Å². The van der Waals surface area contributed by atoms with E-state index in [1.807, 2.05) is 0 Å². The standard InChI is InChI=1S/C20H23NO6S/c1-5-21(6-2)28(24,25)17-12-7-14(3)18(13-17)20(23)27-16-10-8-15(9-11-16)19(22)26-4/h7-13H,5-6H2,1-4H3. The lowest BCUT2D eigenvalue weighted by atomic mass is 10.1. The Morgan fingerprint density at radius 1 is 0.964 bits per heavy atom. The molecule has 8 heteroatoms. The summed E-state index contributed by atoms with van der Waals surface area (Å²) in [4.78, 5) is 24.1. The van der Waals surface area contributed by atoms with E-state index in [2.05, 4.69) is 4.74 Å². The minimum atomic E-state index is -3.69. The summed E-state index contributed by atoms with van der Waals surface area (Å²) in [6, 6.07) is 10.3. The topological polar surface area (TPSA) is 90.0 Å². The molecule has 0 saturated carbocycles. The molecule has 0 aliphatic carbocycles. The normalized spacial score (nSPS) is 11.3. The van der Waals surface area contributed by atoms with Crippen molar-refractivity contribution in [3.05, 3.63) is 59.2 Å². The summed E-state index contributed by atoms with van der Waals surface area (Å²) >= 11 is 0. The number of aryl methyl sites for hydroxylation is 1. The molecule has 0 atom stereocenters. The van der Waals surface area contributed by atoms with Crippen LogP contribution in [0.1, 0.15) is 40.1 Å². The maximum Gasteiger partial charge on any atom is 0.343 e. The maximum absolute atomic E-state index is 12.7. The largest absolute Gasteiger partial charge is 0.465 e. The van der Waals surface area contributed by atoms with Gasteiger partial charge in [-0.25, -0.2) is 18.0 Å². The first-order valence-electron chi connectivity index (χ1n) is 8.75. The molecule has 0 unspecified atom stereocenters. The summed E-state index contributed by atoms with van der Waals surface area (Å²) in [5.41, 5.74) is 1.07. The van der Waals surface area contributed by atoms with E-state index in [0.717, 1.165) is 0 Å². The first-order valence-corrected chi connectivity index (χ1v) is 10.2. The molecule has 0 bridgehead atoms. The molecule has 7 nitrogen and oxygen atoms in total. The van der Waals surface area contributed by atoms with Crippen LogP contribution < -0.4 is 4.74 Å². The quantitative estimate of drug-likeness (QED) is 0.520. The third-order valence-corrected chi connectivity index (χ3v) is 6.30. The van der Waals surface area contributed by atoms with Crippen molar-refractivity contribution in [3.63, 3.8) is 0 Å². The zero-order valence-corrected chi connectivity index (χ0v) is 17.1. The average molecular weight is 405 g/mol. The number of nitrogens with zero attached hydrogens (tertiary/aromatic N) is 1. The fourth-order valence-corrected chi connectivity index (χ4v) is 4.12. The van der Waals surface area contributed by atoms with Crippen LogP contribution in [-0.2, 0) is 14.8 Å². The molecule has 0 fully saturated rings. The molecule has 2 aromatic carbocycles. The van der Waals surface area contributed by atoms with Crippen molar-refractivity contribution >= 4 is 22.0 Å². The summed E-state index contributed by atoms with van der Waals surface area (Å²) in [6.45, 7) is 5.87. The highest BCUT2D eigenvalue weighted by molar-refractivity contribution is 7.89. The smallest absolute Gasteiger partial charge is 0.343 e. The van der Waals surface area contributed by atoms with Crippen molar-refractivity contribution < 1.29 is 27.5 Å². The molecule has 0 aliphatic heterocycles. The lowest BCUT2D eigenvalue weighted by Gasteiger charge is -2.19. The van der Waals surface area contributed by atoms with Gasteiger partial charge < -0.3 is 9.47 Å². The van der Waals surface area contributed by atoms with E-state index in [4.69, 9.17) is 4.74 Å². The fourth-order valence-electron chi connectivity index (χ4n) is 2.63. The monoisotopic (exact) mass is 405 g/mol. The number of benzene rings is 2.